The second kappa shape index (κ2) is 6.33. The van der Waals surface area contributed by atoms with Crippen LogP contribution in [0.4, 0.5) is 8.78 Å². The van der Waals surface area contributed by atoms with Crippen LogP contribution in [0.5, 0.6) is 5.75 Å². The lowest BCUT2D eigenvalue weighted by molar-refractivity contribution is 0.160. The van der Waals surface area contributed by atoms with Crippen molar-refractivity contribution in [3.63, 3.8) is 0 Å². The van der Waals surface area contributed by atoms with Crippen LogP contribution in [-0.2, 0) is 0 Å². The second-order valence-corrected chi connectivity index (χ2v) is 6.79. The third-order valence-electron chi connectivity index (χ3n) is 2.81. The summed E-state index contributed by atoms with van der Waals surface area (Å²) in [5, 5.41) is 0.745. The van der Waals surface area contributed by atoms with E-state index in [9.17, 15) is 8.78 Å². The Bertz CT molecular complexity index is 416. The van der Waals surface area contributed by atoms with Crippen molar-refractivity contribution in [1.29, 1.82) is 0 Å². The van der Waals surface area contributed by atoms with Gasteiger partial charge >= 0.3 is 0 Å². The lowest BCUT2D eigenvalue weighted by Gasteiger charge is -2.29. The Hall–Kier alpha value is -0.160. The van der Waals surface area contributed by atoms with Crippen LogP contribution in [0.1, 0.15) is 20.8 Å². The summed E-state index contributed by atoms with van der Waals surface area (Å²) in [5.74, 6) is -1.71. The second-order valence-electron chi connectivity index (χ2n) is 5.23. The molecule has 102 valence electrons. The van der Waals surface area contributed by atoms with Gasteiger partial charge in [-0.05, 0) is 17.5 Å². The summed E-state index contributed by atoms with van der Waals surface area (Å²) in [6.45, 7) is 6.59. The molecule has 0 radical (unpaired) electrons. The molecule has 5 heteroatoms. The van der Waals surface area contributed by atoms with Gasteiger partial charge in [0.1, 0.15) is 0 Å². The van der Waals surface area contributed by atoms with Gasteiger partial charge in [0, 0.05) is 15.7 Å². The van der Waals surface area contributed by atoms with E-state index < -0.39 is 11.6 Å². The minimum atomic E-state index is -0.944. The highest BCUT2D eigenvalue weighted by Crippen LogP contribution is 2.30. The standard InChI is InChI=1S/C13H16Br2F2O/c1-13(2,3)8(6-14)7-18-11-5-9(15)4-10(16)12(11)17/h4-5,8H,6-7H2,1-3H3. The van der Waals surface area contributed by atoms with Crippen LogP contribution >= 0.6 is 31.9 Å². The number of alkyl halides is 1. The first-order valence-electron chi connectivity index (χ1n) is 5.59. The van der Waals surface area contributed by atoms with Gasteiger partial charge in [-0.2, -0.15) is 4.39 Å². The van der Waals surface area contributed by atoms with Gasteiger partial charge in [-0.3, -0.25) is 0 Å². The SMILES string of the molecule is CC(C)(C)C(CBr)COc1cc(Br)cc(F)c1F. The molecule has 0 N–H and O–H groups in total. The number of benzene rings is 1. The fraction of sp³-hybridized carbons (Fsp3) is 0.538. The summed E-state index contributed by atoms with van der Waals surface area (Å²) in [5.41, 5.74) is 0.0323. The molecule has 0 bridgehead atoms. The maximum Gasteiger partial charge on any atom is 0.200 e. The van der Waals surface area contributed by atoms with E-state index in [0.717, 1.165) is 11.4 Å². The Balaban J connectivity index is 2.80. The molecule has 18 heavy (non-hydrogen) atoms. The molecule has 1 aromatic rings. The zero-order valence-electron chi connectivity index (χ0n) is 10.6. The first-order chi connectivity index (χ1) is 8.25. The van der Waals surface area contributed by atoms with Crippen molar-refractivity contribution in [3.05, 3.63) is 28.2 Å². The molecule has 0 saturated carbocycles. The summed E-state index contributed by atoms with van der Waals surface area (Å²) < 4.78 is 32.5. The fourth-order valence-corrected chi connectivity index (χ4v) is 2.92. The van der Waals surface area contributed by atoms with E-state index >= 15 is 0 Å². The zero-order chi connectivity index (χ0) is 13.9. The van der Waals surface area contributed by atoms with Crippen LogP contribution in [0.3, 0.4) is 0 Å². The van der Waals surface area contributed by atoms with Gasteiger partial charge in [-0.1, -0.05) is 52.6 Å². The first-order valence-corrected chi connectivity index (χ1v) is 7.50. The number of halogens is 4. The van der Waals surface area contributed by atoms with E-state index in [2.05, 4.69) is 52.6 Å². The highest BCUT2D eigenvalue weighted by atomic mass is 79.9. The van der Waals surface area contributed by atoms with Crippen molar-refractivity contribution in [2.45, 2.75) is 20.8 Å². The molecule has 0 aromatic heterocycles. The van der Waals surface area contributed by atoms with E-state index in [0.29, 0.717) is 11.1 Å². The van der Waals surface area contributed by atoms with Gasteiger partial charge in [0.25, 0.3) is 0 Å². The molecule has 1 atom stereocenters. The maximum atomic E-state index is 13.5. The van der Waals surface area contributed by atoms with Crippen molar-refractivity contribution in [2.75, 3.05) is 11.9 Å². The normalized spacial score (nSPS) is 13.5. The van der Waals surface area contributed by atoms with Gasteiger partial charge in [0.05, 0.1) is 6.61 Å². The van der Waals surface area contributed by atoms with E-state index in [-0.39, 0.29) is 17.1 Å². The van der Waals surface area contributed by atoms with Crippen LogP contribution in [0, 0.1) is 23.0 Å². The van der Waals surface area contributed by atoms with Gasteiger partial charge in [-0.25, -0.2) is 4.39 Å². The molecule has 0 aliphatic rings. The highest BCUT2D eigenvalue weighted by molar-refractivity contribution is 9.10. The number of hydrogen-bond acceptors (Lipinski definition) is 1. The maximum absolute atomic E-state index is 13.5. The minimum absolute atomic E-state index is 0.0323. The van der Waals surface area contributed by atoms with Gasteiger partial charge in [-0.15, -0.1) is 0 Å². The Kier molecular flexibility index (Phi) is 5.59. The molecule has 0 aliphatic carbocycles. The van der Waals surface area contributed by atoms with Crippen LogP contribution in [0.25, 0.3) is 0 Å². The summed E-state index contributed by atoms with van der Waals surface area (Å²) in [6, 6.07) is 2.51. The monoisotopic (exact) mass is 384 g/mol. The average molecular weight is 386 g/mol. The van der Waals surface area contributed by atoms with Gasteiger partial charge in [0.2, 0.25) is 5.82 Å². The predicted octanol–water partition coefficient (Wildman–Crippen LogP) is 5.16. The van der Waals surface area contributed by atoms with E-state index in [4.69, 9.17) is 4.74 Å². The van der Waals surface area contributed by atoms with E-state index in [1.807, 2.05) is 0 Å². The molecule has 0 heterocycles. The van der Waals surface area contributed by atoms with Crippen LogP contribution in [-0.4, -0.2) is 11.9 Å². The summed E-state index contributed by atoms with van der Waals surface area (Å²) in [7, 11) is 0. The highest BCUT2D eigenvalue weighted by Gasteiger charge is 2.25. The van der Waals surface area contributed by atoms with Crippen molar-refractivity contribution >= 4 is 31.9 Å². The quantitative estimate of drug-likeness (QED) is 0.513. The molecular formula is C13H16Br2F2O. The summed E-state index contributed by atoms with van der Waals surface area (Å²) in [6.07, 6.45) is 0. The molecule has 0 spiro atoms. The third-order valence-corrected chi connectivity index (χ3v) is 4.05. The Morgan fingerprint density at radius 3 is 2.39 bits per heavy atom. The lowest BCUT2D eigenvalue weighted by atomic mass is 9.83. The summed E-state index contributed by atoms with van der Waals surface area (Å²) >= 11 is 6.53. The summed E-state index contributed by atoms with van der Waals surface area (Å²) in [4.78, 5) is 0. The van der Waals surface area contributed by atoms with Crippen molar-refractivity contribution in [2.24, 2.45) is 11.3 Å². The molecule has 1 nitrogen and oxygen atoms in total. The van der Waals surface area contributed by atoms with Crippen LogP contribution < -0.4 is 4.74 Å². The van der Waals surface area contributed by atoms with Gasteiger partial charge in [0.15, 0.2) is 11.6 Å². The number of ether oxygens (including phenoxy) is 1. The van der Waals surface area contributed by atoms with Crippen LogP contribution in [0.15, 0.2) is 16.6 Å². The van der Waals surface area contributed by atoms with Crippen molar-refractivity contribution in [3.8, 4) is 5.75 Å². The van der Waals surface area contributed by atoms with Crippen molar-refractivity contribution < 1.29 is 13.5 Å². The van der Waals surface area contributed by atoms with E-state index in [1.165, 1.54) is 6.07 Å². The molecule has 0 fully saturated rings. The topological polar surface area (TPSA) is 9.23 Å². The van der Waals surface area contributed by atoms with Crippen LogP contribution in [0.2, 0.25) is 0 Å². The molecule has 1 aromatic carbocycles. The predicted molar refractivity (Wildman–Crippen MR) is 76.3 cm³/mol. The molecule has 1 rings (SSSR count). The van der Waals surface area contributed by atoms with Crippen molar-refractivity contribution in [1.82, 2.24) is 0 Å². The molecule has 0 aliphatic heterocycles. The minimum Gasteiger partial charge on any atom is -0.490 e. The van der Waals surface area contributed by atoms with E-state index in [1.54, 1.807) is 0 Å². The Morgan fingerprint density at radius 2 is 1.89 bits per heavy atom. The Morgan fingerprint density at radius 1 is 1.28 bits per heavy atom. The largest absolute Gasteiger partial charge is 0.490 e. The molecule has 0 saturated heterocycles. The molecule has 1 unspecified atom stereocenters. The first kappa shape index (κ1) is 15.9. The lowest BCUT2D eigenvalue weighted by Crippen LogP contribution is -2.28. The Labute approximate surface area is 123 Å². The zero-order valence-corrected chi connectivity index (χ0v) is 13.7. The number of hydrogen-bond donors (Lipinski definition) is 0. The average Bonchev–Trinajstić information content (AvgIpc) is 2.23. The number of rotatable bonds is 4. The van der Waals surface area contributed by atoms with Gasteiger partial charge < -0.3 is 4.74 Å². The third kappa shape index (κ3) is 4.19. The molecule has 0 amide bonds. The smallest absolute Gasteiger partial charge is 0.200 e. The fourth-order valence-electron chi connectivity index (χ4n) is 1.35. The molecular weight excluding hydrogens is 370 g/mol.